The van der Waals surface area contributed by atoms with E-state index in [0.717, 1.165) is 0 Å². The maximum Gasteiger partial charge on any atom is 0.238 e. The number of anilines is 1. The number of rotatable bonds is 5. The van der Waals surface area contributed by atoms with Crippen LogP contribution in [0.4, 0.5) is 5.69 Å². The summed E-state index contributed by atoms with van der Waals surface area (Å²) in [5, 5.41) is 7.55. The van der Waals surface area contributed by atoms with Crippen LogP contribution >= 0.6 is 11.6 Å². The molecule has 0 aliphatic rings. The molecule has 0 saturated carbocycles. The van der Waals surface area contributed by atoms with E-state index < -0.39 is 10.0 Å². The highest BCUT2D eigenvalue weighted by molar-refractivity contribution is 7.89. The van der Waals surface area contributed by atoms with Crippen molar-refractivity contribution >= 4 is 33.2 Å². The summed E-state index contributed by atoms with van der Waals surface area (Å²) in [7, 11) is -3.75. The predicted octanol–water partition coefficient (Wildman–Crippen LogP) is 1.29. The van der Waals surface area contributed by atoms with Crippen LogP contribution in [-0.2, 0) is 14.8 Å². The summed E-state index contributed by atoms with van der Waals surface area (Å²) >= 11 is 5.46. The first kappa shape index (κ1) is 14.0. The van der Waals surface area contributed by atoms with Gasteiger partial charge < -0.3 is 5.32 Å². The Balaban J connectivity index is 2.76. The van der Waals surface area contributed by atoms with Crippen molar-refractivity contribution in [3.05, 3.63) is 24.3 Å². The third-order valence-corrected chi connectivity index (χ3v) is 3.16. The molecule has 0 aliphatic heterocycles. The molecule has 7 heteroatoms. The van der Waals surface area contributed by atoms with Gasteiger partial charge in [0.1, 0.15) is 0 Å². The van der Waals surface area contributed by atoms with Crippen molar-refractivity contribution < 1.29 is 13.2 Å². The molecule has 1 amide bonds. The SMILES string of the molecule is NS(=O)(=O)c1cccc(NC(=O)CCCCl)c1. The molecule has 5 nitrogen and oxygen atoms in total. The second-order valence-corrected chi connectivity index (χ2v) is 5.35. The first-order chi connectivity index (χ1) is 7.93. The second kappa shape index (κ2) is 6.00. The van der Waals surface area contributed by atoms with Gasteiger partial charge in [0.25, 0.3) is 0 Å². The van der Waals surface area contributed by atoms with Crippen LogP contribution < -0.4 is 10.5 Å². The summed E-state index contributed by atoms with van der Waals surface area (Å²) in [6.07, 6.45) is 0.866. The molecular weight excluding hydrogens is 264 g/mol. The molecule has 0 atom stereocenters. The number of carbonyl (C=O) groups is 1. The minimum atomic E-state index is -3.75. The number of nitrogens with one attached hydrogen (secondary N) is 1. The zero-order valence-corrected chi connectivity index (χ0v) is 10.6. The van der Waals surface area contributed by atoms with E-state index in [4.69, 9.17) is 16.7 Å². The number of alkyl halides is 1. The Morgan fingerprint density at radius 1 is 1.41 bits per heavy atom. The standard InChI is InChI=1S/C10H13ClN2O3S/c11-6-2-5-10(14)13-8-3-1-4-9(7-8)17(12,15)16/h1,3-4,7H,2,5-6H2,(H,13,14)(H2,12,15,16). The van der Waals surface area contributed by atoms with Gasteiger partial charge in [0, 0.05) is 18.0 Å². The molecule has 0 aromatic heterocycles. The Morgan fingerprint density at radius 3 is 2.71 bits per heavy atom. The lowest BCUT2D eigenvalue weighted by atomic mass is 10.3. The van der Waals surface area contributed by atoms with Gasteiger partial charge in [0.15, 0.2) is 0 Å². The average Bonchev–Trinajstić information content (AvgIpc) is 2.25. The van der Waals surface area contributed by atoms with E-state index in [1.54, 1.807) is 6.07 Å². The summed E-state index contributed by atoms with van der Waals surface area (Å²) in [4.78, 5) is 11.3. The number of amides is 1. The van der Waals surface area contributed by atoms with Crippen LogP contribution in [-0.4, -0.2) is 20.2 Å². The number of hydrogen-bond acceptors (Lipinski definition) is 3. The molecule has 1 aromatic carbocycles. The van der Waals surface area contributed by atoms with E-state index in [1.165, 1.54) is 18.2 Å². The topological polar surface area (TPSA) is 89.3 Å². The normalized spacial score (nSPS) is 11.2. The van der Waals surface area contributed by atoms with Crippen molar-refractivity contribution in [1.29, 1.82) is 0 Å². The molecule has 17 heavy (non-hydrogen) atoms. The summed E-state index contributed by atoms with van der Waals surface area (Å²) in [5.41, 5.74) is 0.399. The number of halogens is 1. The number of carbonyl (C=O) groups excluding carboxylic acids is 1. The number of hydrogen-bond donors (Lipinski definition) is 2. The van der Waals surface area contributed by atoms with Gasteiger partial charge >= 0.3 is 0 Å². The second-order valence-electron chi connectivity index (χ2n) is 3.41. The maximum absolute atomic E-state index is 11.4. The van der Waals surface area contributed by atoms with Crippen LogP contribution in [0.5, 0.6) is 0 Å². The Kier molecular flexibility index (Phi) is 4.92. The van der Waals surface area contributed by atoms with E-state index in [-0.39, 0.29) is 10.8 Å². The van der Waals surface area contributed by atoms with Gasteiger partial charge in [-0.2, -0.15) is 0 Å². The Morgan fingerprint density at radius 2 is 2.12 bits per heavy atom. The first-order valence-corrected chi connectivity index (χ1v) is 7.00. The van der Waals surface area contributed by atoms with Gasteiger partial charge in [0.05, 0.1) is 4.90 Å². The van der Waals surface area contributed by atoms with E-state index in [0.29, 0.717) is 24.4 Å². The van der Waals surface area contributed by atoms with Crippen molar-refractivity contribution in [3.8, 4) is 0 Å². The minimum absolute atomic E-state index is 0.0346. The van der Waals surface area contributed by atoms with E-state index >= 15 is 0 Å². The molecule has 0 bridgehead atoms. The van der Waals surface area contributed by atoms with Crippen molar-refractivity contribution in [3.63, 3.8) is 0 Å². The molecule has 0 unspecified atom stereocenters. The van der Waals surface area contributed by atoms with E-state index in [9.17, 15) is 13.2 Å². The van der Waals surface area contributed by atoms with Crippen molar-refractivity contribution in [2.24, 2.45) is 5.14 Å². The molecule has 0 radical (unpaired) electrons. The molecular formula is C10H13ClN2O3S. The summed E-state index contributed by atoms with van der Waals surface area (Å²) < 4.78 is 22.2. The van der Waals surface area contributed by atoms with Crippen molar-refractivity contribution in [2.45, 2.75) is 17.7 Å². The smallest absolute Gasteiger partial charge is 0.238 e. The van der Waals surface area contributed by atoms with Crippen LogP contribution in [0, 0.1) is 0 Å². The van der Waals surface area contributed by atoms with Crippen LogP contribution in [0.3, 0.4) is 0 Å². The van der Waals surface area contributed by atoms with Crippen LogP contribution in [0.1, 0.15) is 12.8 Å². The predicted molar refractivity (Wildman–Crippen MR) is 66.4 cm³/mol. The van der Waals surface area contributed by atoms with Gasteiger partial charge in [-0.25, -0.2) is 13.6 Å². The fourth-order valence-corrected chi connectivity index (χ4v) is 1.89. The first-order valence-electron chi connectivity index (χ1n) is 4.92. The summed E-state index contributed by atoms with van der Waals surface area (Å²) in [6.45, 7) is 0. The third kappa shape index (κ3) is 4.72. The highest BCUT2D eigenvalue weighted by Gasteiger charge is 2.09. The molecule has 94 valence electrons. The van der Waals surface area contributed by atoms with Crippen molar-refractivity contribution in [1.82, 2.24) is 0 Å². The Hall–Kier alpha value is -1.11. The average molecular weight is 277 g/mol. The van der Waals surface area contributed by atoms with Crippen LogP contribution in [0.25, 0.3) is 0 Å². The highest BCUT2D eigenvalue weighted by Crippen LogP contribution is 2.14. The lowest BCUT2D eigenvalue weighted by Crippen LogP contribution is -2.14. The number of benzene rings is 1. The molecule has 0 saturated heterocycles. The Bertz CT molecular complexity index is 502. The van der Waals surface area contributed by atoms with E-state index in [2.05, 4.69) is 5.32 Å². The lowest BCUT2D eigenvalue weighted by Gasteiger charge is -2.05. The molecule has 3 N–H and O–H groups in total. The lowest BCUT2D eigenvalue weighted by molar-refractivity contribution is -0.116. The Labute approximate surface area is 105 Å². The minimum Gasteiger partial charge on any atom is -0.326 e. The highest BCUT2D eigenvalue weighted by atomic mass is 35.5. The van der Waals surface area contributed by atoms with Gasteiger partial charge in [-0.15, -0.1) is 11.6 Å². The number of primary sulfonamides is 1. The molecule has 0 fully saturated rings. The largest absolute Gasteiger partial charge is 0.326 e. The fourth-order valence-electron chi connectivity index (χ4n) is 1.20. The number of sulfonamides is 1. The van der Waals surface area contributed by atoms with Crippen molar-refractivity contribution in [2.75, 3.05) is 11.2 Å². The quantitative estimate of drug-likeness (QED) is 0.794. The summed E-state index contributed by atoms with van der Waals surface area (Å²) in [5.74, 6) is 0.196. The monoisotopic (exact) mass is 276 g/mol. The van der Waals surface area contributed by atoms with Crippen LogP contribution in [0.15, 0.2) is 29.2 Å². The van der Waals surface area contributed by atoms with Gasteiger partial charge in [-0.3, -0.25) is 4.79 Å². The molecule has 0 aliphatic carbocycles. The third-order valence-electron chi connectivity index (χ3n) is 1.98. The fraction of sp³-hybridized carbons (Fsp3) is 0.300. The van der Waals surface area contributed by atoms with Gasteiger partial charge in [0.2, 0.25) is 15.9 Å². The zero-order valence-electron chi connectivity index (χ0n) is 9.02. The molecule has 1 rings (SSSR count). The van der Waals surface area contributed by atoms with Crippen LogP contribution in [0.2, 0.25) is 0 Å². The van der Waals surface area contributed by atoms with Gasteiger partial charge in [-0.1, -0.05) is 6.07 Å². The van der Waals surface area contributed by atoms with Gasteiger partial charge in [-0.05, 0) is 24.6 Å². The summed E-state index contributed by atoms with van der Waals surface area (Å²) in [6, 6.07) is 5.78. The molecule has 0 spiro atoms. The molecule has 1 aromatic rings. The maximum atomic E-state index is 11.4. The molecule has 0 heterocycles. The van der Waals surface area contributed by atoms with E-state index in [1.807, 2.05) is 0 Å². The number of nitrogens with two attached hydrogens (primary N) is 1. The zero-order chi connectivity index (χ0) is 12.9.